The van der Waals surface area contributed by atoms with Crippen molar-refractivity contribution in [1.29, 1.82) is 0 Å². The molecular weight excluding hydrogens is 378 g/mol. The molecular formula is C22H34ClNO4. The van der Waals surface area contributed by atoms with Crippen LogP contribution in [-0.2, 0) is 17.7 Å². The Labute approximate surface area is 174 Å². The van der Waals surface area contributed by atoms with Gasteiger partial charge in [0.2, 0.25) is 0 Å². The van der Waals surface area contributed by atoms with E-state index in [1.54, 1.807) is 14.2 Å². The molecule has 0 radical (unpaired) electrons. The molecule has 1 aliphatic heterocycles. The first-order valence-electron chi connectivity index (χ1n) is 10.4. The maximum Gasteiger partial charge on any atom is 0.161 e. The summed E-state index contributed by atoms with van der Waals surface area (Å²) in [6, 6.07) is 4.15. The Hall–Kier alpha value is -1.01. The second-order valence-corrected chi connectivity index (χ2v) is 8.59. The topological polar surface area (TPSA) is 51.2 Å². The Bertz CT molecular complexity index is 656. The Morgan fingerprint density at radius 2 is 1.86 bits per heavy atom. The van der Waals surface area contributed by atoms with Crippen LogP contribution in [0.1, 0.15) is 36.8 Å². The zero-order chi connectivity index (χ0) is 18.8. The maximum absolute atomic E-state index is 10.4. The van der Waals surface area contributed by atoms with E-state index in [1.165, 1.54) is 36.8 Å². The molecule has 4 atom stereocenters. The van der Waals surface area contributed by atoms with Crippen molar-refractivity contribution in [3.8, 4) is 11.5 Å². The number of halogens is 1. The Morgan fingerprint density at radius 3 is 2.50 bits per heavy atom. The van der Waals surface area contributed by atoms with Crippen LogP contribution in [0.15, 0.2) is 12.1 Å². The smallest absolute Gasteiger partial charge is 0.161 e. The highest BCUT2D eigenvalue weighted by molar-refractivity contribution is 5.85. The normalized spacial score (nSPS) is 27.2. The van der Waals surface area contributed by atoms with Gasteiger partial charge in [-0.05, 0) is 66.7 Å². The summed E-state index contributed by atoms with van der Waals surface area (Å²) in [5.74, 6) is 4.14. The predicted molar refractivity (Wildman–Crippen MR) is 112 cm³/mol. The number of hydrogen-bond donors (Lipinski definition) is 1. The van der Waals surface area contributed by atoms with Crippen molar-refractivity contribution in [1.82, 2.24) is 4.90 Å². The first-order valence-corrected chi connectivity index (χ1v) is 10.4. The van der Waals surface area contributed by atoms with Crippen molar-refractivity contribution in [3.63, 3.8) is 0 Å². The second kappa shape index (κ2) is 9.66. The largest absolute Gasteiger partial charge is 0.493 e. The third-order valence-electron chi connectivity index (χ3n) is 6.79. The minimum atomic E-state index is -0.426. The fourth-order valence-corrected chi connectivity index (χ4v) is 5.38. The highest BCUT2D eigenvalue weighted by Gasteiger charge is 2.39. The first-order chi connectivity index (χ1) is 13.2. The molecule has 0 amide bonds. The summed E-state index contributed by atoms with van der Waals surface area (Å²) in [6.07, 6.45) is 6.12. The zero-order valence-electron chi connectivity index (χ0n) is 17.1. The van der Waals surface area contributed by atoms with Gasteiger partial charge in [-0.1, -0.05) is 6.42 Å². The third kappa shape index (κ3) is 4.76. The summed E-state index contributed by atoms with van der Waals surface area (Å²) < 4.78 is 16.7. The number of aliphatic hydroxyl groups excluding tert-OH is 1. The average Bonchev–Trinajstić information content (AvgIpc) is 3.30. The Morgan fingerprint density at radius 1 is 1.11 bits per heavy atom. The lowest BCUT2D eigenvalue weighted by Gasteiger charge is -2.31. The maximum atomic E-state index is 10.4. The fraction of sp³-hybridized carbons (Fsp3) is 0.727. The molecule has 2 aliphatic carbocycles. The van der Waals surface area contributed by atoms with Gasteiger partial charge in [0.25, 0.3) is 0 Å². The first kappa shape index (κ1) is 21.7. The number of methoxy groups -OCH3 is 2. The van der Waals surface area contributed by atoms with E-state index >= 15 is 0 Å². The molecule has 4 rings (SSSR count). The van der Waals surface area contributed by atoms with E-state index in [9.17, 15) is 5.11 Å². The number of ether oxygens (including phenoxy) is 3. The van der Waals surface area contributed by atoms with Crippen molar-refractivity contribution in [2.45, 2.75) is 44.8 Å². The van der Waals surface area contributed by atoms with Crippen molar-refractivity contribution >= 4 is 12.4 Å². The van der Waals surface area contributed by atoms with E-state index < -0.39 is 6.10 Å². The Balaban J connectivity index is 0.00000225. The molecule has 2 fully saturated rings. The van der Waals surface area contributed by atoms with Crippen LogP contribution >= 0.6 is 12.4 Å². The molecule has 5 nitrogen and oxygen atoms in total. The summed E-state index contributed by atoms with van der Waals surface area (Å²) in [7, 11) is 3.34. The summed E-state index contributed by atoms with van der Waals surface area (Å²) in [6.45, 7) is 3.72. The van der Waals surface area contributed by atoms with E-state index in [-0.39, 0.29) is 12.4 Å². The minimum absolute atomic E-state index is 0. The Kier molecular flexibility index (Phi) is 7.48. The van der Waals surface area contributed by atoms with Crippen molar-refractivity contribution in [3.05, 3.63) is 23.3 Å². The highest BCUT2D eigenvalue weighted by Crippen LogP contribution is 2.48. The number of aliphatic hydroxyl groups is 1. The highest BCUT2D eigenvalue weighted by atomic mass is 35.5. The summed E-state index contributed by atoms with van der Waals surface area (Å²) in [4.78, 5) is 2.31. The van der Waals surface area contributed by atoms with Gasteiger partial charge in [0.15, 0.2) is 11.5 Å². The van der Waals surface area contributed by atoms with Gasteiger partial charge >= 0.3 is 0 Å². The van der Waals surface area contributed by atoms with Crippen LogP contribution < -0.4 is 9.47 Å². The summed E-state index contributed by atoms with van der Waals surface area (Å²) in [5, 5.41) is 10.4. The van der Waals surface area contributed by atoms with Crippen LogP contribution in [0.5, 0.6) is 11.5 Å². The molecule has 0 saturated heterocycles. The van der Waals surface area contributed by atoms with Crippen molar-refractivity contribution < 1.29 is 19.3 Å². The molecule has 28 heavy (non-hydrogen) atoms. The minimum Gasteiger partial charge on any atom is -0.493 e. The van der Waals surface area contributed by atoms with Crippen LogP contribution in [0, 0.1) is 17.8 Å². The lowest BCUT2D eigenvalue weighted by atomic mass is 9.90. The van der Waals surface area contributed by atoms with Crippen molar-refractivity contribution in [2.75, 3.05) is 40.5 Å². The number of nitrogens with zero attached hydrogens (tertiary/aromatic N) is 1. The molecule has 6 heteroatoms. The van der Waals surface area contributed by atoms with Gasteiger partial charge in [-0.25, -0.2) is 0 Å². The van der Waals surface area contributed by atoms with E-state index in [0.717, 1.165) is 55.4 Å². The van der Waals surface area contributed by atoms with Gasteiger partial charge in [-0.15, -0.1) is 12.4 Å². The van der Waals surface area contributed by atoms with E-state index in [4.69, 9.17) is 14.2 Å². The lowest BCUT2D eigenvalue weighted by Crippen LogP contribution is -2.38. The molecule has 0 aromatic heterocycles. The molecule has 1 aromatic rings. The number of fused-ring (bicyclic) bond motifs is 3. The number of benzene rings is 1. The van der Waals surface area contributed by atoms with Crippen molar-refractivity contribution in [2.24, 2.45) is 17.8 Å². The van der Waals surface area contributed by atoms with Gasteiger partial charge in [-0.3, -0.25) is 4.90 Å². The van der Waals surface area contributed by atoms with Crippen LogP contribution in [0.4, 0.5) is 0 Å². The fourth-order valence-electron chi connectivity index (χ4n) is 5.38. The monoisotopic (exact) mass is 411 g/mol. The average molecular weight is 412 g/mol. The lowest BCUT2D eigenvalue weighted by molar-refractivity contribution is -0.00388. The van der Waals surface area contributed by atoms with Crippen LogP contribution in [-0.4, -0.2) is 56.6 Å². The quantitative estimate of drug-likeness (QED) is 0.711. The van der Waals surface area contributed by atoms with Gasteiger partial charge < -0.3 is 19.3 Å². The number of hydrogen-bond acceptors (Lipinski definition) is 5. The van der Waals surface area contributed by atoms with E-state index in [1.807, 2.05) is 0 Å². The van der Waals surface area contributed by atoms with E-state index in [2.05, 4.69) is 17.0 Å². The molecule has 4 unspecified atom stereocenters. The SMILES string of the molecule is COc1cc2c(cc1OC)CN(CC(O)COCC1CC3CCC1C3)CC2.Cl. The summed E-state index contributed by atoms with van der Waals surface area (Å²) >= 11 is 0. The van der Waals surface area contributed by atoms with Gasteiger partial charge in [0, 0.05) is 26.2 Å². The molecule has 1 N–H and O–H groups in total. The molecule has 2 bridgehead atoms. The molecule has 1 heterocycles. The van der Waals surface area contributed by atoms with Crippen LogP contribution in [0.25, 0.3) is 0 Å². The summed E-state index contributed by atoms with van der Waals surface area (Å²) in [5.41, 5.74) is 2.57. The zero-order valence-corrected chi connectivity index (χ0v) is 17.9. The molecule has 2 saturated carbocycles. The third-order valence-corrected chi connectivity index (χ3v) is 6.79. The molecule has 158 valence electrons. The van der Waals surface area contributed by atoms with Gasteiger partial charge in [0.1, 0.15) is 0 Å². The predicted octanol–water partition coefficient (Wildman–Crippen LogP) is 3.30. The number of β-amino-alcohol motifs (C(OH)–C–C–N with tert-alkyl or cyclic N) is 1. The van der Waals surface area contributed by atoms with Gasteiger partial charge in [-0.2, -0.15) is 0 Å². The molecule has 1 aromatic carbocycles. The number of rotatable bonds is 8. The van der Waals surface area contributed by atoms with Crippen LogP contribution in [0.2, 0.25) is 0 Å². The molecule has 3 aliphatic rings. The molecule has 0 spiro atoms. The van der Waals surface area contributed by atoms with Crippen LogP contribution in [0.3, 0.4) is 0 Å². The standard InChI is InChI=1S/C22H33NO4.ClH/c1-25-21-9-17-5-6-23(11-18(17)10-22(21)26-2)12-20(24)14-27-13-19-8-15-3-4-16(19)7-15;/h9-10,15-16,19-20,24H,3-8,11-14H2,1-2H3;1H. The second-order valence-electron chi connectivity index (χ2n) is 8.59. The van der Waals surface area contributed by atoms with E-state index in [0.29, 0.717) is 13.2 Å². The van der Waals surface area contributed by atoms with Gasteiger partial charge in [0.05, 0.1) is 26.9 Å².